The molecule has 1 aromatic carbocycles. The molecular formula is C14H21Cl2NS. The lowest BCUT2D eigenvalue weighted by atomic mass is 10.1. The summed E-state index contributed by atoms with van der Waals surface area (Å²) in [5.74, 6) is 0.984. The molecule has 0 aromatic heterocycles. The molecule has 1 N–H and O–H groups in total. The lowest BCUT2D eigenvalue weighted by Gasteiger charge is -2.24. The maximum atomic E-state index is 6.29. The van der Waals surface area contributed by atoms with Gasteiger partial charge in [0.1, 0.15) is 0 Å². The summed E-state index contributed by atoms with van der Waals surface area (Å²) in [5, 5.41) is 4.76. The fraction of sp³-hybridized carbons (Fsp3) is 0.571. The van der Waals surface area contributed by atoms with Crippen LogP contribution in [0.25, 0.3) is 0 Å². The average molecular weight is 306 g/mol. The minimum absolute atomic E-state index is 0.241. The van der Waals surface area contributed by atoms with Gasteiger partial charge in [0.05, 0.1) is 10.0 Å². The predicted molar refractivity (Wildman–Crippen MR) is 85.1 cm³/mol. The third-order valence-corrected chi connectivity index (χ3v) is 4.69. The van der Waals surface area contributed by atoms with Crippen molar-refractivity contribution in [3.8, 4) is 0 Å². The molecule has 1 atom stereocenters. The smallest absolute Gasteiger partial charge is 0.0640 e. The van der Waals surface area contributed by atoms with Crippen LogP contribution >= 0.6 is 35.0 Å². The quantitative estimate of drug-likeness (QED) is 0.805. The van der Waals surface area contributed by atoms with Gasteiger partial charge in [-0.1, -0.05) is 63.0 Å². The lowest BCUT2D eigenvalue weighted by Crippen LogP contribution is -2.25. The van der Waals surface area contributed by atoms with Crippen LogP contribution in [-0.2, 0) is 0 Å². The van der Waals surface area contributed by atoms with Gasteiger partial charge >= 0.3 is 0 Å². The van der Waals surface area contributed by atoms with E-state index < -0.39 is 0 Å². The summed E-state index contributed by atoms with van der Waals surface area (Å²) in [4.78, 5) is 0. The van der Waals surface area contributed by atoms with Crippen LogP contribution in [-0.4, -0.2) is 17.0 Å². The van der Waals surface area contributed by atoms with Gasteiger partial charge in [-0.15, -0.1) is 0 Å². The Morgan fingerprint density at radius 3 is 2.50 bits per heavy atom. The van der Waals surface area contributed by atoms with Crippen LogP contribution < -0.4 is 5.32 Å². The van der Waals surface area contributed by atoms with E-state index in [1.807, 2.05) is 30.0 Å². The Balaban J connectivity index is 2.87. The van der Waals surface area contributed by atoms with Crippen molar-refractivity contribution in [3.63, 3.8) is 0 Å². The summed E-state index contributed by atoms with van der Waals surface area (Å²) in [6.45, 7) is 9.69. The topological polar surface area (TPSA) is 12.0 Å². The van der Waals surface area contributed by atoms with Gasteiger partial charge in [-0.3, -0.25) is 0 Å². The van der Waals surface area contributed by atoms with Gasteiger partial charge in [-0.05, 0) is 18.2 Å². The molecule has 1 aromatic rings. The van der Waals surface area contributed by atoms with Crippen molar-refractivity contribution in [1.29, 1.82) is 0 Å². The fourth-order valence-corrected chi connectivity index (χ4v) is 3.03. The van der Waals surface area contributed by atoms with Crippen LogP contribution in [0.2, 0.25) is 10.0 Å². The largest absolute Gasteiger partial charge is 0.309 e. The van der Waals surface area contributed by atoms with Crippen LogP contribution in [0.5, 0.6) is 0 Å². The second kappa shape index (κ2) is 7.04. The first kappa shape index (κ1) is 16.2. The molecular weight excluding hydrogens is 285 g/mol. The zero-order chi connectivity index (χ0) is 13.8. The molecule has 102 valence electrons. The van der Waals surface area contributed by atoms with Crippen molar-refractivity contribution in [2.24, 2.45) is 0 Å². The van der Waals surface area contributed by atoms with Crippen LogP contribution in [0.15, 0.2) is 18.2 Å². The monoisotopic (exact) mass is 305 g/mol. The summed E-state index contributed by atoms with van der Waals surface area (Å²) < 4.78 is 0.249. The summed E-state index contributed by atoms with van der Waals surface area (Å²) in [5.41, 5.74) is 1.09. The van der Waals surface area contributed by atoms with Gasteiger partial charge < -0.3 is 5.32 Å². The Morgan fingerprint density at radius 2 is 1.94 bits per heavy atom. The third-order valence-electron chi connectivity index (χ3n) is 2.49. The van der Waals surface area contributed by atoms with Crippen molar-refractivity contribution >= 4 is 35.0 Å². The van der Waals surface area contributed by atoms with Crippen LogP contribution in [0.4, 0.5) is 0 Å². The maximum absolute atomic E-state index is 6.29. The zero-order valence-electron chi connectivity index (χ0n) is 11.4. The molecule has 0 radical (unpaired) electrons. The van der Waals surface area contributed by atoms with E-state index in [2.05, 4.69) is 33.0 Å². The lowest BCUT2D eigenvalue weighted by molar-refractivity contribution is 0.603. The van der Waals surface area contributed by atoms with Crippen molar-refractivity contribution in [1.82, 2.24) is 5.32 Å². The fourth-order valence-electron chi connectivity index (χ4n) is 1.63. The Morgan fingerprint density at radius 1 is 1.28 bits per heavy atom. The van der Waals surface area contributed by atoms with E-state index in [-0.39, 0.29) is 10.8 Å². The number of benzene rings is 1. The maximum Gasteiger partial charge on any atom is 0.0640 e. The van der Waals surface area contributed by atoms with E-state index in [0.717, 1.165) is 17.9 Å². The highest BCUT2D eigenvalue weighted by Crippen LogP contribution is 2.34. The van der Waals surface area contributed by atoms with Gasteiger partial charge in [-0.25, -0.2) is 0 Å². The van der Waals surface area contributed by atoms with Gasteiger partial charge in [-0.2, -0.15) is 11.8 Å². The normalized spacial score (nSPS) is 13.7. The second-order valence-electron chi connectivity index (χ2n) is 5.18. The molecule has 0 bridgehead atoms. The van der Waals surface area contributed by atoms with Crippen LogP contribution in [0.3, 0.4) is 0 Å². The molecule has 1 unspecified atom stereocenters. The van der Waals surface area contributed by atoms with Crippen LogP contribution in [0.1, 0.15) is 39.3 Å². The van der Waals surface area contributed by atoms with Crippen LogP contribution in [0, 0.1) is 0 Å². The molecule has 0 spiro atoms. The number of nitrogens with one attached hydrogen (secondary N) is 1. The van der Waals surface area contributed by atoms with Gasteiger partial charge in [0.2, 0.25) is 0 Å². The minimum atomic E-state index is 0.241. The van der Waals surface area contributed by atoms with Gasteiger partial charge in [0.15, 0.2) is 0 Å². The number of hydrogen-bond donors (Lipinski definition) is 1. The zero-order valence-corrected chi connectivity index (χ0v) is 13.7. The first-order valence-electron chi connectivity index (χ1n) is 6.16. The van der Waals surface area contributed by atoms with Crippen molar-refractivity contribution in [2.75, 3.05) is 12.3 Å². The number of hydrogen-bond acceptors (Lipinski definition) is 2. The summed E-state index contributed by atoms with van der Waals surface area (Å²) in [6.07, 6.45) is 0. The molecule has 1 nitrogen and oxygen atoms in total. The Kier molecular flexibility index (Phi) is 6.32. The molecule has 4 heteroatoms. The molecule has 0 aliphatic heterocycles. The molecule has 0 aliphatic rings. The molecule has 0 saturated heterocycles. The Hall–Kier alpha value is 0.110. The molecule has 0 fully saturated rings. The third kappa shape index (κ3) is 5.00. The van der Waals surface area contributed by atoms with E-state index in [1.54, 1.807) is 0 Å². The van der Waals surface area contributed by atoms with Gasteiger partial charge in [0.25, 0.3) is 0 Å². The Bertz CT molecular complexity index is 388. The number of rotatable bonds is 5. The summed E-state index contributed by atoms with van der Waals surface area (Å²) in [7, 11) is 0. The van der Waals surface area contributed by atoms with Gasteiger partial charge in [0, 0.05) is 16.5 Å². The second-order valence-corrected chi connectivity index (χ2v) is 7.81. The highest BCUT2D eigenvalue weighted by atomic mass is 35.5. The van der Waals surface area contributed by atoms with E-state index in [9.17, 15) is 0 Å². The molecule has 18 heavy (non-hydrogen) atoms. The van der Waals surface area contributed by atoms with Crippen molar-refractivity contribution < 1.29 is 0 Å². The Labute approximate surface area is 125 Å². The number of halogens is 2. The highest BCUT2D eigenvalue weighted by Gasteiger charge is 2.19. The standard InChI is InChI=1S/C14H21Cl2NS/c1-5-17-12(9-18-14(2,3)4)10-7-6-8-11(15)13(10)16/h6-8,12,17H,5,9H2,1-4H3. The van der Waals surface area contributed by atoms with Crippen molar-refractivity contribution in [3.05, 3.63) is 33.8 Å². The predicted octanol–water partition coefficient (Wildman–Crippen LogP) is 5.18. The molecule has 0 aliphatic carbocycles. The minimum Gasteiger partial charge on any atom is -0.309 e. The average Bonchev–Trinajstić information content (AvgIpc) is 2.27. The van der Waals surface area contributed by atoms with E-state index in [1.165, 1.54) is 0 Å². The number of thioether (sulfide) groups is 1. The summed E-state index contributed by atoms with van der Waals surface area (Å²) in [6, 6.07) is 6.07. The van der Waals surface area contributed by atoms with E-state index >= 15 is 0 Å². The molecule has 1 rings (SSSR count). The highest BCUT2D eigenvalue weighted by molar-refractivity contribution is 8.00. The van der Waals surface area contributed by atoms with E-state index in [4.69, 9.17) is 23.2 Å². The summed E-state index contributed by atoms with van der Waals surface area (Å²) >= 11 is 14.3. The first-order valence-corrected chi connectivity index (χ1v) is 7.90. The molecule has 0 saturated carbocycles. The molecule has 0 amide bonds. The van der Waals surface area contributed by atoms with E-state index in [0.29, 0.717) is 10.0 Å². The SMILES string of the molecule is CCNC(CSC(C)(C)C)c1cccc(Cl)c1Cl. The molecule has 0 heterocycles. The van der Waals surface area contributed by atoms with Crippen molar-refractivity contribution in [2.45, 2.75) is 38.5 Å². The first-order chi connectivity index (χ1) is 8.35.